The smallest absolute Gasteiger partial charge is 0.338 e. The number of rotatable bonds is 4. The van der Waals surface area contributed by atoms with Crippen molar-refractivity contribution in [1.29, 1.82) is 0 Å². The van der Waals surface area contributed by atoms with E-state index >= 15 is 0 Å². The monoisotopic (exact) mass is 403 g/mol. The van der Waals surface area contributed by atoms with Crippen LogP contribution in [0.5, 0.6) is 0 Å². The van der Waals surface area contributed by atoms with Crippen LogP contribution >= 0.6 is 23.2 Å². The molecule has 1 aromatic carbocycles. The summed E-state index contributed by atoms with van der Waals surface area (Å²) in [7, 11) is 0. The van der Waals surface area contributed by atoms with Gasteiger partial charge in [0, 0.05) is 31.0 Å². The molecule has 8 heteroatoms. The van der Waals surface area contributed by atoms with Crippen LogP contribution in [0.1, 0.15) is 28.9 Å². The van der Waals surface area contributed by atoms with E-state index in [-0.39, 0.29) is 12.5 Å². The number of imidazole rings is 1. The second-order valence-corrected chi connectivity index (χ2v) is 7.08. The van der Waals surface area contributed by atoms with Gasteiger partial charge in [-0.3, -0.25) is 4.79 Å². The van der Waals surface area contributed by atoms with Crippen molar-refractivity contribution in [3.8, 4) is 0 Å². The Labute approximate surface area is 165 Å². The molecule has 138 valence electrons. The molecule has 0 N–H and O–H groups in total. The number of hydrogen-bond donors (Lipinski definition) is 0. The number of benzene rings is 1. The second kappa shape index (κ2) is 7.21. The molecule has 1 saturated heterocycles. The highest BCUT2D eigenvalue weighted by molar-refractivity contribution is 6.36. The van der Waals surface area contributed by atoms with Gasteiger partial charge in [-0.2, -0.15) is 0 Å². The van der Waals surface area contributed by atoms with E-state index in [1.54, 1.807) is 52.0 Å². The van der Waals surface area contributed by atoms with Gasteiger partial charge in [0.25, 0.3) is 0 Å². The summed E-state index contributed by atoms with van der Waals surface area (Å²) in [6.07, 6.45) is 4.82. The lowest BCUT2D eigenvalue weighted by Crippen LogP contribution is -2.23. The lowest BCUT2D eigenvalue weighted by Gasteiger charge is -2.15. The molecule has 0 bridgehead atoms. The molecule has 27 heavy (non-hydrogen) atoms. The third-order valence-electron chi connectivity index (χ3n) is 4.36. The molecule has 2 aromatic heterocycles. The molecule has 0 atom stereocenters. The summed E-state index contributed by atoms with van der Waals surface area (Å²) in [5, 5.41) is 0.914. The Kier molecular flexibility index (Phi) is 4.76. The Morgan fingerprint density at radius 3 is 2.67 bits per heavy atom. The molecule has 6 nitrogen and oxygen atoms in total. The molecular formula is C19H15Cl2N3O3. The van der Waals surface area contributed by atoms with E-state index in [9.17, 15) is 9.59 Å². The number of nitrogens with zero attached hydrogens (tertiary/aromatic N) is 3. The number of amides is 1. The van der Waals surface area contributed by atoms with Crippen LogP contribution < -0.4 is 4.90 Å². The van der Waals surface area contributed by atoms with E-state index in [1.165, 1.54) is 0 Å². The van der Waals surface area contributed by atoms with Gasteiger partial charge < -0.3 is 14.0 Å². The number of halogens is 2. The Balaban J connectivity index is 1.43. The van der Waals surface area contributed by atoms with Crippen molar-refractivity contribution >= 4 is 46.4 Å². The van der Waals surface area contributed by atoms with Crippen LogP contribution in [0, 0.1) is 0 Å². The number of esters is 1. The lowest BCUT2D eigenvalue weighted by molar-refractivity contribution is -0.117. The van der Waals surface area contributed by atoms with Gasteiger partial charge in [0.2, 0.25) is 5.91 Å². The fourth-order valence-electron chi connectivity index (χ4n) is 3.07. The van der Waals surface area contributed by atoms with Gasteiger partial charge in [0.05, 0.1) is 21.3 Å². The predicted molar refractivity (Wildman–Crippen MR) is 102 cm³/mol. The Hall–Kier alpha value is -2.57. The van der Waals surface area contributed by atoms with Crippen molar-refractivity contribution in [3.05, 3.63) is 64.0 Å². The summed E-state index contributed by atoms with van der Waals surface area (Å²) in [4.78, 5) is 30.1. The molecule has 3 aromatic rings. The average Bonchev–Trinajstić information content (AvgIpc) is 3.26. The number of hydrogen-bond acceptors (Lipinski definition) is 4. The largest absolute Gasteiger partial charge is 0.456 e. The van der Waals surface area contributed by atoms with Crippen LogP contribution in [0.15, 0.2) is 42.7 Å². The van der Waals surface area contributed by atoms with Crippen LogP contribution in [0.2, 0.25) is 10.0 Å². The third-order valence-corrected chi connectivity index (χ3v) is 4.85. The zero-order valence-electron chi connectivity index (χ0n) is 14.2. The minimum Gasteiger partial charge on any atom is -0.456 e. The zero-order chi connectivity index (χ0) is 19.0. The molecule has 1 aliphatic heterocycles. The van der Waals surface area contributed by atoms with Gasteiger partial charge in [-0.1, -0.05) is 23.2 Å². The molecule has 0 unspecified atom stereocenters. The van der Waals surface area contributed by atoms with Gasteiger partial charge in [0.15, 0.2) is 5.65 Å². The van der Waals surface area contributed by atoms with Crippen molar-refractivity contribution in [2.75, 3.05) is 11.4 Å². The van der Waals surface area contributed by atoms with Crippen LogP contribution in [0.4, 0.5) is 5.69 Å². The molecule has 1 amide bonds. The van der Waals surface area contributed by atoms with E-state index in [2.05, 4.69) is 4.98 Å². The molecule has 0 aliphatic carbocycles. The maximum atomic E-state index is 12.3. The highest BCUT2D eigenvalue weighted by Gasteiger charge is 2.21. The first-order valence-corrected chi connectivity index (χ1v) is 9.17. The summed E-state index contributed by atoms with van der Waals surface area (Å²) in [5.74, 6) is -0.355. The highest BCUT2D eigenvalue weighted by Crippen LogP contribution is 2.23. The highest BCUT2D eigenvalue weighted by atomic mass is 35.5. The SMILES string of the molecule is O=C(OCc1cn2cc(Cl)cc(Cl)c2n1)c1ccc(N2CCCC2=O)cc1. The summed E-state index contributed by atoms with van der Waals surface area (Å²) in [5.41, 5.74) is 2.31. The van der Waals surface area contributed by atoms with Crippen LogP contribution in [0.3, 0.4) is 0 Å². The second-order valence-electron chi connectivity index (χ2n) is 6.24. The fourth-order valence-corrected chi connectivity index (χ4v) is 3.59. The molecular weight excluding hydrogens is 389 g/mol. The number of fused-ring (bicyclic) bond motifs is 1. The van der Waals surface area contributed by atoms with Crippen molar-refractivity contribution in [3.63, 3.8) is 0 Å². The maximum Gasteiger partial charge on any atom is 0.338 e. The summed E-state index contributed by atoms with van der Waals surface area (Å²) in [6, 6.07) is 8.43. The Morgan fingerprint density at radius 2 is 1.96 bits per heavy atom. The van der Waals surface area contributed by atoms with Crippen LogP contribution in [0.25, 0.3) is 5.65 Å². The Morgan fingerprint density at radius 1 is 1.19 bits per heavy atom. The lowest BCUT2D eigenvalue weighted by atomic mass is 10.2. The molecule has 1 aliphatic rings. The Bertz CT molecular complexity index is 1030. The van der Waals surface area contributed by atoms with E-state index in [0.29, 0.717) is 39.9 Å². The zero-order valence-corrected chi connectivity index (χ0v) is 15.7. The number of anilines is 1. The van der Waals surface area contributed by atoms with E-state index in [1.807, 2.05) is 0 Å². The molecule has 3 heterocycles. The summed E-state index contributed by atoms with van der Waals surface area (Å²) >= 11 is 12.1. The average molecular weight is 404 g/mol. The number of carbonyl (C=O) groups excluding carboxylic acids is 2. The van der Waals surface area contributed by atoms with E-state index in [0.717, 1.165) is 12.1 Å². The first-order valence-electron chi connectivity index (χ1n) is 8.41. The van der Waals surface area contributed by atoms with Crippen LogP contribution in [-0.2, 0) is 16.1 Å². The fraction of sp³-hybridized carbons (Fsp3) is 0.211. The van der Waals surface area contributed by atoms with Crippen molar-refractivity contribution < 1.29 is 14.3 Å². The van der Waals surface area contributed by atoms with Gasteiger partial charge in [-0.25, -0.2) is 9.78 Å². The summed E-state index contributed by atoms with van der Waals surface area (Å²) < 4.78 is 7.02. The minimum absolute atomic E-state index is 0.0147. The van der Waals surface area contributed by atoms with Crippen molar-refractivity contribution in [2.45, 2.75) is 19.4 Å². The van der Waals surface area contributed by atoms with Crippen molar-refractivity contribution in [2.24, 2.45) is 0 Å². The van der Waals surface area contributed by atoms with Gasteiger partial charge in [-0.05, 0) is 36.8 Å². The quantitative estimate of drug-likeness (QED) is 0.614. The number of aromatic nitrogens is 2. The first-order chi connectivity index (χ1) is 13.0. The third kappa shape index (κ3) is 3.63. The molecule has 0 radical (unpaired) electrons. The van der Waals surface area contributed by atoms with Crippen molar-refractivity contribution in [1.82, 2.24) is 9.38 Å². The normalized spacial score (nSPS) is 14.1. The number of carbonyl (C=O) groups is 2. The standard InChI is InChI=1S/C19H15Cl2N3O3/c20-13-8-16(21)18-22-14(10-23(18)9-13)11-27-19(26)12-3-5-15(6-4-12)24-7-1-2-17(24)25/h3-6,8-10H,1-2,7,11H2. The maximum absolute atomic E-state index is 12.3. The predicted octanol–water partition coefficient (Wildman–Crippen LogP) is 4.12. The minimum atomic E-state index is -0.463. The molecule has 0 spiro atoms. The molecule has 0 saturated carbocycles. The van der Waals surface area contributed by atoms with E-state index in [4.69, 9.17) is 27.9 Å². The van der Waals surface area contributed by atoms with Gasteiger partial charge in [0.1, 0.15) is 6.61 Å². The van der Waals surface area contributed by atoms with Gasteiger partial charge in [-0.15, -0.1) is 0 Å². The number of pyridine rings is 1. The number of ether oxygens (including phenoxy) is 1. The molecule has 1 fully saturated rings. The topological polar surface area (TPSA) is 63.9 Å². The van der Waals surface area contributed by atoms with Crippen LogP contribution in [-0.4, -0.2) is 27.8 Å². The van der Waals surface area contributed by atoms with E-state index < -0.39 is 5.97 Å². The summed E-state index contributed by atoms with van der Waals surface area (Å²) in [6.45, 7) is 0.726. The van der Waals surface area contributed by atoms with Gasteiger partial charge >= 0.3 is 5.97 Å². The first kappa shape index (κ1) is 17.8. The molecule has 4 rings (SSSR count).